The molecule has 1 aliphatic rings. The standard InChI is InChI=1S/C12H15N3O3/c13-10(7-1-2-7)4-11(16)15-9-3-8(12(17)18)5-14-6-9/h3,5-7,10H,1-2,4,13H2,(H,15,16)(H,17,18). The van der Waals surface area contributed by atoms with Crippen molar-refractivity contribution in [3.8, 4) is 0 Å². The number of nitrogens with one attached hydrogen (secondary N) is 1. The van der Waals surface area contributed by atoms with Crippen LogP contribution in [-0.2, 0) is 4.79 Å². The van der Waals surface area contributed by atoms with Gasteiger partial charge in [-0.1, -0.05) is 0 Å². The van der Waals surface area contributed by atoms with E-state index in [9.17, 15) is 9.59 Å². The average molecular weight is 249 g/mol. The highest BCUT2D eigenvalue weighted by Gasteiger charge is 2.29. The first kappa shape index (κ1) is 12.5. The quantitative estimate of drug-likeness (QED) is 0.717. The molecule has 1 aliphatic carbocycles. The first-order valence-corrected chi connectivity index (χ1v) is 5.80. The van der Waals surface area contributed by atoms with Crippen molar-refractivity contribution in [2.45, 2.75) is 25.3 Å². The number of carbonyl (C=O) groups is 2. The molecule has 0 saturated heterocycles. The third kappa shape index (κ3) is 3.27. The lowest BCUT2D eigenvalue weighted by molar-refractivity contribution is -0.116. The minimum atomic E-state index is -1.08. The van der Waals surface area contributed by atoms with Gasteiger partial charge < -0.3 is 16.2 Å². The SMILES string of the molecule is NC(CC(=O)Nc1cncc(C(=O)O)c1)C1CC1. The fraction of sp³-hybridized carbons (Fsp3) is 0.417. The van der Waals surface area contributed by atoms with E-state index in [4.69, 9.17) is 10.8 Å². The number of nitrogens with two attached hydrogens (primary N) is 1. The molecule has 0 aromatic carbocycles. The first-order valence-electron chi connectivity index (χ1n) is 5.80. The van der Waals surface area contributed by atoms with Crippen molar-refractivity contribution in [1.82, 2.24) is 4.98 Å². The number of aromatic carboxylic acids is 1. The van der Waals surface area contributed by atoms with Crippen molar-refractivity contribution in [3.05, 3.63) is 24.0 Å². The summed E-state index contributed by atoms with van der Waals surface area (Å²) in [5, 5.41) is 11.4. The van der Waals surface area contributed by atoms with Gasteiger partial charge in [0.25, 0.3) is 0 Å². The van der Waals surface area contributed by atoms with Crippen LogP contribution in [0.4, 0.5) is 5.69 Å². The molecule has 0 spiro atoms. The summed E-state index contributed by atoms with van der Waals surface area (Å²) < 4.78 is 0. The molecule has 0 bridgehead atoms. The Morgan fingerprint density at radius 1 is 1.50 bits per heavy atom. The summed E-state index contributed by atoms with van der Waals surface area (Å²) in [6, 6.07) is 1.26. The number of carboxylic acids is 1. The molecule has 1 unspecified atom stereocenters. The van der Waals surface area contributed by atoms with Crippen molar-refractivity contribution >= 4 is 17.6 Å². The number of rotatable bonds is 5. The molecular weight excluding hydrogens is 234 g/mol. The molecular formula is C12H15N3O3. The number of nitrogens with zero attached hydrogens (tertiary/aromatic N) is 1. The van der Waals surface area contributed by atoms with Crippen molar-refractivity contribution in [3.63, 3.8) is 0 Å². The highest BCUT2D eigenvalue weighted by molar-refractivity contribution is 5.93. The van der Waals surface area contributed by atoms with Crippen LogP contribution in [0.5, 0.6) is 0 Å². The second kappa shape index (κ2) is 5.14. The van der Waals surface area contributed by atoms with Crippen LogP contribution < -0.4 is 11.1 Å². The molecule has 2 rings (SSSR count). The molecule has 1 heterocycles. The number of carboxylic acid groups (broad SMARTS) is 1. The zero-order valence-corrected chi connectivity index (χ0v) is 9.80. The van der Waals surface area contributed by atoms with Crippen molar-refractivity contribution in [2.24, 2.45) is 11.7 Å². The van der Waals surface area contributed by atoms with Crippen molar-refractivity contribution in [1.29, 1.82) is 0 Å². The van der Waals surface area contributed by atoms with Crippen molar-refractivity contribution in [2.75, 3.05) is 5.32 Å². The maximum atomic E-state index is 11.7. The van der Waals surface area contributed by atoms with Crippen LogP contribution in [0.2, 0.25) is 0 Å². The predicted octanol–water partition coefficient (Wildman–Crippen LogP) is 0.846. The van der Waals surface area contributed by atoms with E-state index in [0.29, 0.717) is 11.6 Å². The normalized spacial score (nSPS) is 16.1. The van der Waals surface area contributed by atoms with Gasteiger partial charge >= 0.3 is 5.97 Å². The minimum Gasteiger partial charge on any atom is -0.478 e. The van der Waals surface area contributed by atoms with Gasteiger partial charge in [-0.15, -0.1) is 0 Å². The van der Waals surface area contributed by atoms with Gasteiger partial charge in [0, 0.05) is 18.7 Å². The number of pyridine rings is 1. The molecule has 1 atom stereocenters. The fourth-order valence-corrected chi connectivity index (χ4v) is 1.74. The lowest BCUT2D eigenvalue weighted by Gasteiger charge is -2.10. The van der Waals surface area contributed by atoms with Crippen molar-refractivity contribution < 1.29 is 14.7 Å². The Labute approximate surface area is 104 Å². The molecule has 1 aromatic rings. The van der Waals surface area contributed by atoms with E-state index in [-0.39, 0.29) is 23.9 Å². The van der Waals surface area contributed by atoms with Gasteiger partial charge in [-0.3, -0.25) is 9.78 Å². The molecule has 18 heavy (non-hydrogen) atoms. The van der Waals surface area contributed by atoms with Crippen LogP contribution >= 0.6 is 0 Å². The monoisotopic (exact) mass is 249 g/mol. The molecule has 96 valence electrons. The van der Waals surface area contributed by atoms with Gasteiger partial charge in [0.15, 0.2) is 0 Å². The Kier molecular flexibility index (Phi) is 3.57. The lowest BCUT2D eigenvalue weighted by atomic mass is 10.1. The van der Waals surface area contributed by atoms with E-state index in [1.54, 1.807) is 0 Å². The van der Waals surface area contributed by atoms with Gasteiger partial charge in [0.2, 0.25) is 5.91 Å². The van der Waals surface area contributed by atoms with E-state index in [0.717, 1.165) is 12.8 Å². The molecule has 0 aliphatic heterocycles. The summed E-state index contributed by atoms with van der Waals surface area (Å²) in [5.41, 5.74) is 6.26. The number of carbonyl (C=O) groups excluding carboxylic acids is 1. The first-order chi connectivity index (χ1) is 8.56. The summed E-state index contributed by atoms with van der Waals surface area (Å²) in [6.07, 6.45) is 5.07. The highest BCUT2D eigenvalue weighted by Crippen LogP contribution is 2.32. The lowest BCUT2D eigenvalue weighted by Crippen LogP contribution is -2.28. The number of amides is 1. The molecule has 4 N–H and O–H groups in total. The third-order valence-electron chi connectivity index (χ3n) is 2.92. The van der Waals surface area contributed by atoms with Gasteiger partial charge in [-0.2, -0.15) is 0 Å². The highest BCUT2D eigenvalue weighted by atomic mass is 16.4. The molecule has 1 fully saturated rings. The van der Waals surface area contributed by atoms with E-state index in [2.05, 4.69) is 10.3 Å². The summed E-state index contributed by atoms with van der Waals surface area (Å²) >= 11 is 0. The molecule has 1 amide bonds. The fourth-order valence-electron chi connectivity index (χ4n) is 1.74. The van der Waals surface area contributed by atoms with Crippen LogP contribution in [0, 0.1) is 5.92 Å². The van der Waals surface area contributed by atoms with Gasteiger partial charge in [-0.25, -0.2) is 4.79 Å². The van der Waals surface area contributed by atoms with Crippen LogP contribution in [0.15, 0.2) is 18.5 Å². The molecule has 0 radical (unpaired) electrons. The Morgan fingerprint density at radius 3 is 2.83 bits per heavy atom. The Balaban J connectivity index is 1.93. The zero-order valence-electron chi connectivity index (χ0n) is 9.80. The largest absolute Gasteiger partial charge is 0.478 e. The maximum Gasteiger partial charge on any atom is 0.337 e. The Bertz CT molecular complexity index is 471. The van der Waals surface area contributed by atoms with Gasteiger partial charge in [-0.05, 0) is 24.8 Å². The second-order valence-electron chi connectivity index (χ2n) is 4.52. The maximum absolute atomic E-state index is 11.7. The topological polar surface area (TPSA) is 105 Å². The number of hydrogen-bond acceptors (Lipinski definition) is 4. The molecule has 6 heteroatoms. The van der Waals surface area contributed by atoms with Crippen LogP contribution in [-0.4, -0.2) is 28.0 Å². The Hall–Kier alpha value is -1.95. The van der Waals surface area contributed by atoms with E-state index < -0.39 is 5.97 Å². The number of anilines is 1. The smallest absolute Gasteiger partial charge is 0.337 e. The summed E-state index contributed by atoms with van der Waals surface area (Å²) in [4.78, 5) is 26.2. The average Bonchev–Trinajstić information content (AvgIpc) is 3.12. The van der Waals surface area contributed by atoms with Crippen LogP contribution in [0.25, 0.3) is 0 Å². The summed E-state index contributed by atoms with van der Waals surface area (Å²) in [6.45, 7) is 0. The molecule has 6 nitrogen and oxygen atoms in total. The summed E-state index contributed by atoms with van der Waals surface area (Å²) in [5.74, 6) is -0.828. The van der Waals surface area contributed by atoms with E-state index in [1.807, 2.05) is 0 Å². The van der Waals surface area contributed by atoms with Crippen LogP contribution in [0.1, 0.15) is 29.6 Å². The zero-order chi connectivity index (χ0) is 13.1. The molecule has 1 saturated carbocycles. The second-order valence-corrected chi connectivity index (χ2v) is 4.52. The predicted molar refractivity (Wildman–Crippen MR) is 65.1 cm³/mol. The van der Waals surface area contributed by atoms with Gasteiger partial charge in [0.05, 0.1) is 17.4 Å². The van der Waals surface area contributed by atoms with Gasteiger partial charge in [0.1, 0.15) is 0 Å². The van der Waals surface area contributed by atoms with Crippen LogP contribution in [0.3, 0.4) is 0 Å². The molecule has 1 aromatic heterocycles. The summed E-state index contributed by atoms with van der Waals surface area (Å²) in [7, 11) is 0. The number of aromatic nitrogens is 1. The Morgan fingerprint density at radius 2 is 2.22 bits per heavy atom. The minimum absolute atomic E-state index is 0.0410. The van der Waals surface area contributed by atoms with E-state index >= 15 is 0 Å². The number of hydrogen-bond donors (Lipinski definition) is 3. The third-order valence-corrected chi connectivity index (χ3v) is 2.92. The van der Waals surface area contributed by atoms with E-state index in [1.165, 1.54) is 18.5 Å².